The van der Waals surface area contributed by atoms with Crippen molar-refractivity contribution < 1.29 is 53.7 Å². The molecule has 8 atom stereocenters. The van der Waals surface area contributed by atoms with Gasteiger partial charge >= 0.3 is 11.9 Å². The van der Waals surface area contributed by atoms with Gasteiger partial charge in [0.15, 0.2) is 5.96 Å². The highest BCUT2D eigenvalue weighted by Crippen LogP contribution is 2.20. The van der Waals surface area contributed by atoms with Crippen LogP contribution in [0.1, 0.15) is 77.5 Å². The van der Waals surface area contributed by atoms with E-state index in [1.807, 2.05) is 0 Å². The monoisotopic (exact) mass is 898 g/mol. The van der Waals surface area contributed by atoms with E-state index in [0.29, 0.717) is 24.1 Å². The predicted octanol–water partition coefficient (Wildman–Crippen LogP) is -2.04. The second-order valence-electron chi connectivity index (χ2n) is 16.1. The maximum Gasteiger partial charge on any atom is 0.326 e. The quantitative estimate of drug-likeness (QED) is 0.0290. The van der Waals surface area contributed by atoms with Crippen LogP contribution in [0.25, 0.3) is 0 Å². The lowest BCUT2D eigenvalue weighted by Crippen LogP contribution is -2.62. The fourth-order valence-electron chi connectivity index (χ4n) is 6.98. The molecular weight excluding hydrogens is 837 g/mol. The van der Waals surface area contributed by atoms with Crippen molar-refractivity contribution in [3.63, 3.8) is 0 Å². The number of nitrogens with one attached hydrogen (secondary N) is 6. The maximum atomic E-state index is 14.3. The molecule has 1 fully saturated rings. The molecule has 23 heteroatoms. The maximum absolute atomic E-state index is 14.3. The van der Waals surface area contributed by atoms with Gasteiger partial charge < -0.3 is 69.0 Å². The Balaban J connectivity index is 1.91. The van der Waals surface area contributed by atoms with Gasteiger partial charge in [0, 0.05) is 37.8 Å². The highest BCUT2D eigenvalue weighted by Gasteiger charge is 2.40. The van der Waals surface area contributed by atoms with E-state index in [1.54, 1.807) is 27.7 Å². The van der Waals surface area contributed by atoms with Gasteiger partial charge in [-0.15, -0.1) is 0 Å². The Bertz CT molecular complexity index is 1960. The summed E-state index contributed by atoms with van der Waals surface area (Å²) in [5, 5.41) is 42.0. The van der Waals surface area contributed by atoms with E-state index in [2.05, 4.69) is 41.5 Å². The smallest absolute Gasteiger partial charge is 0.326 e. The van der Waals surface area contributed by atoms with Gasteiger partial charge in [-0.2, -0.15) is 0 Å². The van der Waals surface area contributed by atoms with E-state index in [-0.39, 0.29) is 56.9 Å². The van der Waals surface area contributed by atoms with Crippen molar-refractivity contribution in [3.05, 3.63) is 48.0 Å². The Hall–Kier alpha value is -6.78. The van der Waals surface area contributed by atoms with Crippen molar-refractivity contribution >= 4 is 53.3 Å². The lowest BCUT2D eigenvalue weighted by molar-refractivity contribution is -0.149. The number of aromatic nitrogens is 2. The summed E-state index contributed by atoms with van der Waals surface area (Å²) in [5.74, 6) is -8.67. The molecule has 0 bridgehead atoms. The van der Waals surface area contributed by atoms with Crippen LogP contribution in [0.4, 0.5) is 0 Å². The number of carbonyl (C=O) groups is 8. The molecule has 0 radical (unpaired) electrons. The second kappa shape index (κ2) is 24.8. The van der Waals surface area contributed by atoms with E-state index in [0.717, 1.165) is 0 Å². The molecule has 6 amide bonds. The number of nitrogens with zero attached hydrogens (tertiary/aromatic N) is 3. The Labute approximate surface area is 370 Å². The number of carboxylic acid groups (broad SMARTS) is 2. The number of aromatic hydroxyl groups is 1. The summed E-state index contributed by atoms with van der Waals surface area (Å²) < 4.78 is 0. The Kier molecular flexibility index (Phi) is 19.9. The summed E-state index contributed by atoms with van der Waals surface area (Å²) in [6, 6.07) is -3.26. The van der Waals surface area contributed by atoms with Crippen LogP contribution in [0.15, 0.2) is 41.8 Å². The molecule has 2 aromatic rings. The molecule has 1 aromatic heterocycles. The molecule has 2 heterocycles. The standard InChI is InChI=1S/C41H62N12O11/c1-5-22(4)33(38(61)50-29(17-24-19-45-20-47-24)39(62)53-15-7-9-30(53)40(63)64)52-36(59)28(16-23-10-12-25(54)13-11-23)49-37(60)32(21(2)3)51-35(58)27(8-6-14-46-41(43)44)48-34(57)26(42)18-31(55)56/h10-13,19-22,26-30,32-33,54H,5-9,14-18,42H2,1-4H3,(H,45,47)(H,48,57)(H,49,60)(H,50,61)(H,51,58)(H,52,59)(H,55,56)(H,63,64)(H4,43,44,46)/t22-,26+,27-,28-,29+,30+,32+,33-/m0/s1. The number of aliphatic carboxylic acids is 2. The number of phenolic OH excluding ortho intramolecular Hbond substituents is 1. The third-order valence-corrected chi connectivity index (χ3v) is 10.8. The Morgan fingerprint density at radius 3 is 2.03 bits per heavy atom. The molecule has 3 rings (SSSR count). The topological polar surface area (TPSA) is 380 Å². The van der Waals surface area contributed by atoms with Crippen molar-refractivity contribution in [1.29, 1.82) is 0 Å². The summed E-state index contributed by atoms with van der Waals surface area (Å²) in [7, 11) is 0. The highest BCUT2D eigenvalue weighted by molar-refractivity contribution is 5.97. The van der Waals surface area contributed by atoms with Gasteiger partial charge in [0.2, 0.25) is 35.4 Å². The summed E-state index contributed by atoms with van der Waals surface area (Å²) in [5.41, 5.74) is 17.5. The van der Waals surface area contributed by atoms with Gasteiger partial charge in [-0.1, -0.05) is 46.2 Å². The fraction of sp³-hybridized carbons (Fsp3) is 0.561. The van der Waals surface area contributed by atoms with Crippen molar-refractivity contribution in [1.82, 2.24) is 41.5 Å². The molecule has 1 aliphatic rings. The minimum atomic E-state index is -1.49. The Morgan fingerprint density at radius 1 is 0.844 bits per heavy atom. The number of likely N-dealkylation sites (tertiary alicyclic amines) is 1. The number of H-pyrrole nitrogens is 1. The van der Waals surface area contributed by atoms with Crippen molar-refractivity contribution in [2.75, 3.05) is 13.1 Å². The largest absolute Gasteiger partial charge is 0.508 e. The fourth-order valence-corrected chi connectivity index (χ4v) is 6.98. The lowest BCUT2D eigenvalue weighted by Gasteiger charge is -2.31. The second-order valence-corrected chi connectivity index (χ2v) is 16.1. The summed E-state index contributed by atoms with van der Waals surface area (Å²) >= 11 is 0. The molecule has 64 heavy (non-hydrogen) atoms. The number of carbonyl (C=O) groups excluding carboxylic acids is 6. The molecule has 23 nitrogen and oxygen atoms in total. The minimum Gasteiger partial charge on any atom is -0.508 e. The van der Waals surface area contributed by atoms with E-state index in [9.17, 15) is 48.6 Å². The number of aromatic amines is 1. The number of phenols is 1. The summed E-state index contributed by atoms with van der Waals surface area (Å²) in [4.78, 5) is 118. The van der Waals surface area contributed by atoms with Crippen LogP contribution < -0.4 is 43.8 Å². The third kappa shape index (κ3) is 15.8. The first-order valence-corrected chi connectivity index (χ1v) is 21.0. The van der Waals surface area contributed by atoms with Gasteiger partial charge in [-0.3, -0.25) is 38.6 Å². The van der Waals surface area contributed by atoms with Crippen LogP contribution >= 0.6 is 0 Å². The zero-order valence-electron chi connectivity index (χ0n) is 36.4. The first-order chi connectivity index (χ1) is 30.2. The molecule has 1 aromatic carbocycles. The number of guanidine groups is 1. The van der Waals surface area contributed by atoms with Crippen molar-refractivity contribution in [2.45, 2.75) is 121 Å². The molecule has 352 valence electrons. The number of imidazole rings is 1. The number of aliphatic imine (C=N–C) groups is 1. The minimum absolute atomic E-state index is 0.0436. The zero-order valence-corrected chi connectivity index (χ0v) is 36.4. The van der Waals surface area contributed by atoms with Crippen LogP contribution in [0.3, 0.4) is 0 Å². The van der Waals surface area contributed by atoms with E-state index < -0.39 is 108 Å². The van der Waals surface area contributed by atoms with Gasteiger partial charge in [0.1, 0.15) is 42.0 Å². The zero-order chi connectivity index (χ0) is 47.7. The van der Waals surface area contributed by atoms with E-state index >= 15 is 0 Å². The molecule has 15 N–H and O–H groups in total. The van der Waals surface area contributed by atoms with Gasteiger partial charge in [-0.25, -0.2) is 9.78 Å². The highest BCUT2D eigenvalue weighted by atomic mass is 16.4. The Morgan fingerprint density at radius 2 is 1.45 bits per heavy atom. The molecular formula is C41H62N12O11. The SMILES string of the molecule is CC[C@H](C)[C@H](NC(=O)[C@H](Cc1ccc(O)cc1)NC(=O)[C@H](NC(=O)[C@H](CCCN=C(N)N)NC(=O)[C@H](N)CC(=O)O)C(C)C)C(=O)N[C@H](Cc1cnc[nH]1)C(=O)N1CCC[C@@H]1C(=O)O. The normalized spacial score (nSPS) is 16.8. The number of hydrogen-bond donors (Lipinski definition) is 12. The van der Waals surface area contributed by atoms with Crippen LogP contribution in [-0.4, -0.2) is 139 Å². The van der Waals surface area contributed by atoms with Crippen LogP contribution in [0.2, 0.25) is 0 Å². The average Bonchev–Trinajstić information content (AvgIpc) is 3.95. The lowest BCUT2D eigenvalue weighted by atomic mass is 9.96. The van der Waals surface area contributed by atoms with E-state index in [4.69, 9.17) is 22.3 Å². The molecule has 0 unspecified atom stereocenters. The number of rotatable bonds is 25. The average molecular weight is 899 g/mol. The number of hydrogen-bond acceptors (Lipinski definition) is 12. The third-order valence-electron chi connectivity index (χ3n) is 10.8. The summed E-state index contributed by atoms with van der Waals surface area (Å²) in [6.45, 7) is 6.98. The van der Waals surface area contributed by atoms with Gasteiger partial charge in [0.25, 0.3) is 0 Å². The van der Waals surface area contributed by atoms with Crippen LogP contribution in [0, 0.1) is 11.8 Å². The van der Waals surface area contributed by atoms with Crippen LogP contribution in [0.5, 0.6) is 5.75 Å². The first-order valence-electron chi connectivity index (χ1n) is 21.0. The molecule has 0 saturated carbocycles. The van der Waals surface area contributed by atoms with E-state index in [1.165, 1.54) is 41.7 Å². The molecule has 1 aliphatic heterocycles. The van der Waals surface area contributed by atoms with Gasteiger partial charge in [-0.05, 0) is 55.2 Å². The number of nitrogens with two attached hydrogens (primary N) is 3. The molecule has 0 aliphatic carbocycles. The first kappa shape index (κ1) is 51.6. The van der Waals surface area contributed by atoms with Crippen molar-refractivity contribution in [3.8, 4) is 5.75 Å². The van der Waals surface area contributed by atoms with Gasteiger partial charge in [0.05, 0.1) is 18.8 Å². The number of benzene rings is 1. The molecule has 1 saturated heterocycles. The molecule has 0 spiro atoms. The number of amides is 6. The summed E-state index contributed by atoms with van der Waals surface area (Å²) in [6.07, 6.45) is 3.14. The number of carboxylic acids is 2. The van der Waals surface area contributed by atoms with Crippen LogP contribution in [-0.2, 0) is 51.2 Å². The predicted molar refractivity (Wildman–Crippen MR) is 231 cm³/mol. The van der Waals surface area contributed by atoms with Crippen molar-refractivity contribution in [2.24, 2.45) is 34.0 Å².